The van der Waals surface area contributed by atoms with Gasteiger partial charge in [0.2, 0.25) is 5.91 Å². The number of aromatic hydroxyl groups is 1. The lowest BCUT2D eigenvalue weighted by Gasteiger charge is -2.39. The lowest BCUT2D eigenvalue weighted by Crippen LogP contribution is -2.51. The molecule has 3 aromatic carbocycles. The van der Waals surface area contributed by atoms with Crippen molar-refractivity contribution in [1.82, 2.24) is 19.8 Å². The van der Waals surface area contributed by atoms with Crippen LogP contribution in [0.1, 0.15) is 73.4 Å². The number of hydrogen-bond donors (Lipinski definition) is 2. The molecule has 1 saturated heterocycles. The minimum atomic E-state index is -1.07. The van der Waals surface area contributed by atoms with Gasteiger partial charge in [0.1, 0.15) is 36.0 Å². The number of hydrogen-bond acceptors (Lipinski definition) is 7. The van der Waals surface area contributed by atoms with Crippen LogP contribution in [0, 0.1) is 24.0 Å². The summed E-state index contributed by atoms with van der Waals surface area (Å²) in [5.41, 5.74) is 2.67. The number of carbonyl (C=O) groups is 1. The number of aromatic nitrogens is 2. The fraction of sp³-hybridized carbons (Fsp3) is 0.372. The highest BCUT2D eigenvalue weighted by Crippen LogP contribution is 2.41. The quantitative estimate of drug-likeness (QED) is 0.120. The predicted octanol–water partition coefficient (Wildman–Crippen LogP) is 7.83. The SMILES string of the molecule is C#Cc1c(F)ccc2cc(O)cc(C3=Cc4nc(OC[C@]5(C)C[C@@H](F)CN5Cc5ccc(F)cc5)nc(NCC5(N(C)C(=O)C=C)CCCC5)c4CC3)c12. The Morgan fingerprint density at radius 3 is 2.65 bits per heavy atom. The summed E-state index contributed by atoms with van der Waals surface area (Å²) >= 11 is 0. The molecule has 1 aromatic heterocycles. The van der Waals surface area contributed by atoms with Gasteiger partial charge in [0.05, 0.1) is 22.3 Å². The zero-order valence-electron chi connectivity index (χ0n) is 30.6. The number of allylic oxidation sites excluding steroid dienone is 1. The predicted molar refractivity (Wildman–Crippen MR) is 205 cm³/mol. The van der Waals surface area contributed by atoms with Crippen molar-refractivity contribution >= 4 is 34.1 Å². The molecule has 2 fully saturated rings. The number of alkyl halides is 1. The number of benzene rings is 3. The number of terminal acetylenes is 1. The van der Waals surface area contributed by atoms with Gasteiger partial charge in [-0.2, -0.15) is 9.97 Å². The number of rotatable bonds is 11. The Kier molecular flexibility index (Phi) is 10.2. The number of nitrogens with one attached hydrogen (secondary N) is 1. The molecule has 1 saturated carbocycles. The van der Waals surface area contributed by atoms with E-state index in [4.69, 9.17) is 21.1 Å². The molecule has 1 aliphatic heterocycles. The zero-order chi connectivity index (χ0) is 38.2. The standard InChI is InChI=1S/C43H44F3N5O3/c1-5-33-36(46)16-12-29-19-32(52)21-35(39(29)33)28-11-15-34-37(20-28)48-41(49-40(34)47-25-43(17-7-8-18-43)50(4)38(53)6-2)54-26-42(3)22-31(45)24-51(42)23-27-9-13-30(44)14-10-27/h1,6,9-10,12-14,16,19-21,31,52H,2,7-8,11,15,17-18,22-26H2,3-4H3,(H,47,48,49)/t31-,42+/m1/s1. The van der Waals surface area contributed by atoms with E-state index < -0.39 is 23.1 Å². The first-order valence-corrected chi connectivity index (χ1v) is 18.4. The van der Waals surface area contributed by atoms with Crippen molar-refractivity contribution in [3.8, 4) is 24.1 Å². The van der Waals surface area contributed by atoms with E-state index in [0.717, 1.165) is 42.4 Å². The van der Waals surface area contributed by atoms with Crippen molar-refractivity contribution in [1.29, 1.82) is 0 Å². The van der Waals surface area contributed by atoms with Gasteiger partial charge >= 0.3 is 6.01 Å². The highest BCUT2D eigenvalue weighted by atomic mass is 19.1. The Hall–Kier alpha value is -5.34. The van der Waals surface area contributed by atoms with E-state index in [0.29, 0.717) is 53.8 Å². The van der Waals surface area contributed by atoms with E-state index in [1.165, 1.54) is 24.3 Å². The third-order valence-corrected chi connectivity index (χ3v) is 11.5. The van der Waals surface area contributed by atoms with Crippen LogP contribution in [0.5, 0.6) is 11.8 Å². The first-order chi connectivity index (χ1) is 25.9. The first-order valence-electron chi connectivity index (χ1n) is 18.4. The van der Waals surface area contributed by atoms with Crippen molar-refractivity contribution in [2.75, 3.05) is 32.1 Å². The molecule has 11 heteroatoms. The number of amides is 1. The Labute approximate surface area is 313 Å². The second-order valence-corrected chi connectivity index (χ2v) is 15.0. The molecule has 8 nitrogen and oxygen atoms in total. The lowest BCUT2D eigenvalue weighted by atomic mass is 9.87. The van der Waals surface area contributed by atoms with Gasteiger partial charge in [0, 0.05) is 44.1 Å². The highest BCUT2D eigenvalue weighted by Gasteiger charge is 2.43. The van der Waals surface area contributed by atoms with E-state index in [-0.39, 0.29) is 48.6 Å². The number of carbonyl (C=O) groups excluding carboxylic acids is 1. The van der Waals surface area contributed by atoms with Crippen LogP contribution in [0.3, 0.4) is 0 Å². The van der Waals surface area contributed by atoms with Gasteiger partial charge in [-0.15, -0.1) is 6.42 Å². The first kappa shape index (κ1) is 37.0. The summed E-state index contributed by atoms with van der Waals surface area (Å²) in [6.07, 6.45) is 12.8. The number of fused-ring (bicyclic) bond motifs is 2. The van der Waals surface area contributed by atoms with E-state index in [9.17, 15) is 18.7 Å². The summed E-state index contributed by atoms with van der Waals surface area (Å²) < 4.78 is 50.0. The topological polar surface area (TPSA) is 90.8 Å². The van der Waals surface area contributed by atoms with Crippen LogP contribution in [-0.2, 0) is 17.8 Å². The molecule has 4 aromatic rings. The van der Waals surface area contributed by atoms with Gasteiger partial charge in [-0.05, 0) is 97.2 Å². The van der Waals surface area contributed by atoms with Gasteiger partial charge in [-0.3, -0.25) is 9.69 Å². The van der Waals surface area contributed by atoms with Crippen molar-refractivity contribution in [3.63, 3.8) is 0 Å². The molecular weight excluding hydrogens is 691 g/mol. The molecule has 0 bridgehead atoms. The summed E-state index contributed by atoms with van der Waals surface area (Å²) in [7, 11) is 1.81. The molecule has 3 aliphatic rings. The molecule has 7 rings (SSSR count). The maximum Gasteiger partial charge on any atom is 0.318 e. The minimum Gasteiger partial charge on any atom is -0.508 e. The number of likely N-dealkylation sites (tertiary alicyclic amines) is 1. The number of nitrogens with zero attached hydrogens (tertiary/aromatic N) is 4. The Bertz CT molecular complexity index is 2180. The van der Waals surface area contributed by atoms with Crippen LogP contribution >= 0.6 is 0 Å². The monoisotopic (exact) mass is 735 g/mol. The minimum absolute atomic E-state index is 0.0223. The smallest absolute Gasteiger partial charge is 0.318 e. The van der Waals surface area contributed by atoms with Crippen LogP contribution in [0.25, 0.3) is 22.4 Å². The number of anilines is 1. The average Bonchev–Trinajstić information content (AvgIpc) is 3.76. The zero-order valence-corrected chi connectivity index (χ0v) is 30.6. The third-order valence-electron chi connectivity index (χ3n) is 11.5. The molecular formula is C43H44F3N5O3. The summed E-state index contributed by atoms with van der Waals surface area (Å²) in [4.78, 5) is 26.3. The van der Waals surface area contributed by atoms with Gasteiger partial charge in [0.25, 0.3) is 0 Å². The molecule has 2 aliphatic carbocycles. The molecule has 0 spiro atoms. The van der Waals surface area contributed by atoms with Gasteiger partial charge < -0.3 is 20.1 Å². The molecule has 2 N–H and O–H groups in total. The van der Waals surface area contributed by atoms with E-state index >= 15 is 4.39 Å². The maximum absolute atomic E-state index is 15.0. The van der Waals surface area contributed by atoms with E-state index in [1.807, 2.05) is 17.9 Å². The normalized spacial score (nSPS) is 20.6. The Balaban J connectivity index is 1.26. The van der Waals surface area contributed by atoms with Crippen LogP contribution in [0.4, 0.5) is 19.0 Å². The molecule has 0 unspecified atom stereocenters. The largest absolute Gasteiger partial charge is 0.508 e. The fourth-order valence-electron chi connectivity index (χ4n) is 8.43. The van der Waals surface area contributed by atoms with Gasteiger partial charge in [-0.1, -0.05) is 43.5 Å². The van der Waals surface area contributed by atoms with Crippen LogP contribution in [0.2, 0.25) is 0 Å². The van der Waals surface area contributed by atoms with E-state index in [2.05, 4.69) is 17.8 Å². The maximum atomic E-state index is 15.0. The number of phenols is 1. The van der Waals surface area contributed by atoms with E-state index in [1.54, 1.807) is 42.3 Å². The van der Waals surface area contributed by atoms with Crippen molar-refractivity contribution < 1.29 is 27.8 Å². The lowest BCUT2D eigenvalue weighted by molar-refractivity contribution is -0.129. The molecule has 2 heterocycles. The molecule has 2 atom stereocenters. The summed E-state index contributed by atoms with van der Waals surface area (Å²) in [6.45, 7) is 6.79. The highest BCUT2D eigenvalue weighted by molar-refractivity contribution is 6.02. The second kappa shape index (κ2) is 14.8. The molecule has 54 heavy (non-hydrogen) atoms. The van der Waals surface area contributed by atoms with Crippen LogP contribution in [0.15, 0.2) is 61.2 Å². The van der Waals surface area contributed by atoms with Crippen molar-refractivity contribution in [2.24, 2.45) is 0 Å². The van der Waals surface area contributed by atoms with Gasteiger partial charge in [-0.25, -0.2) is 13.2 Å². The second-order valence-electron chi connectivity index (χ2n) is 15.0. The number of likely N-dealkylation sites (N-methyl/N-ethyl adjacent to an activating group) is 1. The number of phenolic OH excluding ortho intramolecular Hbond substituents is 1. The Morgan fingerprint density at radius 1 is 1.17 bits per heavy atom. The molecule has 280 valence electrons. The van der Waals surface area contributed by atoms with Crippen molar-refractivity contribution in [3.05, 3.63) is 101 Å². The van der Waals surface area contributed by atoms with Crippen LogP contribution < -0.4 is 10.1 Å². The summed E-state index contributed by atoms with van der Waals surface area (Å²) in [6, 6.07) is 12.3. The summed E-state index contributed by atoms with van der Waals surface area (Å²) in [5.74, 6) is 2.07. The number of halogens is 3. The number of ether oxygens (including phenoxy) is 1. The molecule has 0 radical (unpaired) electrons. The fourth-order valence-corrected chi connectivity index (χ4v) is 8.43. The van der Waals surface area contributed by atoms with Gasteiger partial charge in [0.15, 0.2) is 0 Å². The summed E-state index contributed by atoms with van der Waals surface area (Å²) in [5, 5.41) is 15.4. The van der Waals surface area contributed by atoms with Crippen molar-refractivity contribution in [2.45, 2.75) is 75.7 Å². The molecule has 1 amide bonds. The average molecular weight is 736 g/mol. The third kappa shape index (κ3) is 7.15. The van der Waals surface area contributed by atoms with Crippen LogP contribution in [-0.4, -0.2) is 74.8 Å². The Morgan fingerprint density at radius 2 is 1.93 bits per heavy atom.